The van der Waals surface area contributed by atoms with Gasteiger partial charge in [0.05, 0.1) is 2.74 Å². The Morgan fingerprint density at radius 2 is 3.20 bits per heavy atom. The SMILES string of the molecule is [2H]C1([2H])CC=NO1. The highest BCUT2D eigenvalue weighted by atomic mass is 16.6. The third kappa shape index (κ3) is 0.375. The second kappa shape index (κ2) is 1.06. The molecular weight excluding hydrogens is 66.0 g/mol. The fourth-order valence-corrected chi connectivity index (χ4v) is 0.186. The van der Waals surface area contributed by atoms with Crippen LogP contribution >= 0.6 is 0 Å². The van der Waals surface area contributed by atoms with Crippen LogP contribution in [0.4, 0.5) is 0 Å². The number of hydrogen-bond acceptors (Lipinski definition) is 2. The van der Waals surface area contributed by atoms with Crippen molar-refractivity contribution in [1.82, 2.24) is 0 Å². The predicted octanol–water partition coefficient (Wildman–Crippen LogP) is 0.393. The summed E-state index contributed by atoms with van der Waals surface area (Å²) >= 11 is 0. The summed E-state index contributed by atoms with van der Waals surface area (Å²) in [6.45, 7) is -1.53. The van der Waals surface area contributed by atoms with E-state index in [0.717, 1.165) is 0 Å². The van der Waals surface area contributed by atoms with Crippen molar-refractivity contribution in [3.8, 4) is 0 Å². The molecule has 0 amide bonds. The van der Waals surface area contributed by atoms with Crippen LogP contribution < -0.4 is 0 Å². The van der Waals surface area contributed by atoms with Crippen molar-refractivity contribution in [3.05, 3.63) is 0 Å². The van der Waals surface area contributed by atoms with Crippen molar-refractivity contribution in [1.29, 1.82) is 0 Å². The molecule has 0 spiro atoms. The van der Waals surface area contributed by atoms with Crippen LogP contribution in [0.25, 0.3) is 0 Å². The average molecular weight is 73.1 g/mol. The molecule has 1 heterocycles. The van der Waals surface area contributed by atoms with Gasteiger partial charge < -0.3 is 4.84 Å². The van der Waals surface area contributed by atoms with Gasteiger partial charge in [0.15, 0.2) is 0 Å². The van der Waals surface area contributed by atoms with E-state index in [1.54, 1.807) is 0 Å². The zero-order chi connectivity index (χ0) is 5.33. The van der Waals surface area contributed by atoms with Crippen LogP contribution in [0.5, 0.6) is 0 Å². The lowest BCUT2D eigenvalue weighted by Crippen LogP contribution is -1.72. The zero-order valence-corrected chi connectivity index (χ0v) is 2.64. The average Bonchev–Trinajstić information content (AvgIpc) is 1.84. The molecule has 0 radical (unpaired) electrons. The van der Waals surface area contributed by atoms with Crippen LogP contribution in [0.15, 0.2) is 5.16 Å². The zero-order valence-electron chi connectivity index (χ0n) is 4.64. The molecule has 0 saturated heterocycles. The Bertz CT molecular complexity index is 91.1. The summed E-state index contributed by atoms with van der Waals surface area (Å²) in [5.41, 5.74) is 0. The van der Waals surface area contributed by atoms with Gasteiger partial charge in [0.1, 0.15) is 6.56 Å². The highest BCUT2D eigenvalue weighted by molar-refractivity contribution is 5.57. The van der Waals surface area contributed by atoms with Crippen molar-refractivity contribution < 1.29 is 7.58 Å². The minimum Gasteiger partial charge on any atom is -0.396 e. The highest BCUT2D eigenvalue weighted by Crippen LogP contribution is 1.86. The number of nitrogens with zero attached hydrogens (tertiary/aromatic N) is 1. The second-order valence-corrected chi connectivity index (χ2v) is 0.728. The largest absolute Gasteiger partial charge is 0.396 e. The normalized spacial score (nSPS) is 35.2. The molecule has 1 rings (SSSR count). The van der Waals surface area contributed by atoms with Crippen LogP contribution in [0.3, 0.4) is 0 Å². The van der Waals surface area contributed by atoms with Crippen molar-refractivity contribution in [3.63, 3.8) is 0 Å². The summed E-state index contributed by atoms with van der Waals surface area (Å²) in [5, 5.41) is 3.24. The van der Waals surface area contributed by atoms with Gasteiger partial charge in [0.2, 0.25) is 0 Å². The molecule has 2 heteroatoms. The Labute approximate surface area is 33.2 Å². The molecule has 0 aromatic carbocycles. The van der Waals surface area contributed by atoms with E-state index in [0.29, 0.717) is 0 Å². The molecule has 1 aliphatic heterocycles. The first-order valence-corrected chi connectivity index (χ1v) is 1.41. The molecule has 0 N–H and O–H groups in total. The molecule has 0 aromatic heterocycles. The van der Waals surface area contributed by atoms with Crippen LogP contribution in [-0.4, -0.2) is 12.8 Å². The molecular formula is C3H5NO. The quantitative estimate of drug-likeness (QED) is 0.406. The van der Waals surface area contributed by atoms with Crippen molar-refractivity contribution in [2.75, 3.05) is 6.56 Å². The fourth-order valence-electron chi connectivity index (χ4n) is 0.186. The van der Waals surface area contributed by atoms with Crippen molar-refractivity contribution in [2.24, 2.45) is 5.16 Å². The molecule has 28 valence electrons. The summed E-state index contributed by atoms with van der Waals surface area (Å²) in [6.07, 6.45) is 1.69. The molecule has 5 heavy (non-hydrogen) atoms. The van der Waals surface area contributed by atoms with Gasteiger partial charge in [0, 0.05) is 12.6 Å². The number of oxime groups is 1. The number of hydrogen-bond donors (Lipinski definition) is 0. The molecule has 0 saturated carbocycles. The number of rotatable bonds is 0. The van der Waals surface area contributed by atoms with Crippen LogP contribution in [0.1, 0.15) is 9.16 Å². The van der Waals surface area contributed by atoms with Gasteiger partial charge in [-0.05, 0) is 0 Å². The van der Waals surface area contributed by atoms with E-state index in [-0.39, 0.29) is 6.42 Å². The minimum absolute atomic E-state index is 0.271. The van der Waals surface area contributed by atoms with E-state index in [1.807, 2.05) is 0 Å². The fraction of sp³-hybridized carbons (Fsp3) is 0.667. The third-order valence-electron chi connectivity index (χ3n) is 0.366. The summed E-state index contributed by atoms with van der Waals surface area (Å²) in [5.74, 6) is 0. The smallest absolute Gasteiger partial charge is 0.122 e. The Hall–Kier alpha value is -0.530. The standard InChI is InChI=1S/C3H5NO/c1-2-4-5-3-1/h2H,1,3H2/i3D2. The lowest BCUT2D eigenvalue weighted by Gasteiger charge is -1.76. The van der Waals surface area contributed by atoms with Crippen LogP contribution in [0.2, 0.25) is 0 Å². The first-order chi connectivity index (χ1) is 3.21. The topological polar surface area (TPSA) is 21.6 Å². The summed E-state index contributed by atoms with van der Waals surface area (Å²) in [4.78, 5) is 4.24. The van der Waals surface area contributed by atoms with Gasteiger partial charge in [-0.15, -0.1) is 0 Å². The summed E-state index contributed by atoms with van der Waals surface area (Å²) in [7, 11) is 0. The predicted molar refractivity (Wildman–Crippen MR) is 19.1 cm³/mol. The Morgan fingerprint density at radius 3 is 3.40 bits per heavy atom. The van der Waals surface area contributed by atoms with E-state index in [9.17, 15) is 0 Å². The maximum atomic E-state index is 6.81. The Kier molecular flexibility index (Phi) is 0.272. The molecule has 1 aliphatic rings. The van der Waals surface area contributed by atoms with E-state index < -0.39 is 6.56 Å². The molecule has 0 unspecified atom stereocenters. The van der Waals surface area contributed by atoms with E-state index in [4.69, 9.17) is 2.74 Å². The first kappa shape index (κ1) is 1.29. The first-order valence-electron chi connectivity index (χ1n) is 2.41. The van der Waals surface area contributed by atoms with Gasteiger partial charge in [0.25, 0.3) is 0 Å². The van der Waals surface area contributed by atoms with Crippen LogP contribution in [0, 0.1) is 0 Å². The maximum Gasteiger partial charge on any atom is 0.122 e. The molecule has 0 atom stereocenters. The van der Waals surface area contributed by atoms with Gasteiger partial charge in [-0.1, -0.05) is 5.16 Å². The monoisotopic (exact) mass is 73.0 g/mol. The Morgan fingerprint density at radius 1 is 2.20 bits per heavy atom. The van der Waals surface area contributed by atoms with Gasteiger partial charge in [-0.2, -0.15) is 0 Å². The van der Waals surface area contributed by atoms with Gasteiger partial charge in [-0.25, -0.2) is 0 Å². The van der Waals surface area contributed by atoms with Gasteiger partial charge in [-0.3, -0.25) is 0 Å². The van der Waals surface area contributed by atoms with E-state index in [2.05, 4.69) is 9.99 Å². The molecule has 0 aromatic rings. The summed E-state index contributed by atoms with van der Waals surface area (Å²) in [6, 6.07) is 0. The molecule has 0 fully saturated rings. The molecule has 2 nitrogen and oxygen atoms in total. The third-order valence-corrected chi connectivity index (χ3v) is 0.366. The lowest BCUT2D eigenvalue weighted by molar-refractivity contribution is 0.174. The van der Waals surface area contributed by atoms with Crippen molar-refractivity contribution >= 4 is 6.21 Å². The van der Waals surface area contributed by atoms with Crippen molar-refractivity contribution in [2.45, 2.75) is 6.42 Å². The minimum atomic E-state index is -1.53. The van der Waals surface area contributed by atoms with E-state index >= 15 is 0 Å². The molecule has 0 bridgehead atoms. The van der Waals surface area contributed by atoms with Gasteiger partial charge >= 0.3 is 0 Å². The second-order valence-electron chi connectivity index (χ2n) is 0.728. The Balaban J connectivity index is 2.49. The van der Waals surface area contributed by atoms with Crippen LogP contribution in [-0.2, 0) is 4.84 Å². The highest BCUT2D eigenvalue weighted by Gasteiger charge is 1.86. The molecule has 0 aliphatic carbocycles. The summed E-state index contributed by atoms with van der Waals surface area (Å²) < 4.78 is 13.6. The van der Waals surface area contributed by atoms with E-state index in [1.165, 1.54) is 6.21 Å². The maximum absolute atomic E-state index is 6.81. The lowest BCUT2D eigenvalue weighted by atomic mass is 10.5.